The zero-order chi connectivity index (χ0) is 20.7. The first-order valence-electron chi connectivity index (χ1n) is 10.1. The minimum atomic E-state index is -3.56. The Bertz CT molecular complexity index is 891. The molecule has 2 aromatic rings. The number of nitrogens with one attached hydrogen (secondary N) is 2. The normalized spacial score (nSPS) is 15.9. The summed E-state index contributed by atoms with van der Waals surface area (Å²) in [7, 11) is -2.02. The summed E-state index contributed by atoms with van der Waals surface area (Å²) < 4.78 is 27.8. The van der Waals surface area contributed by atoms with Crippen molar-refractivity contribution >= 4 is 15.9 Å². The Balaban J connectivity index is 1.44. The largest absolute Gasteiger partial charge is 0.355 e. The summed E-state index contributed by atoms with van der Waals surface area (Å²) in [5.41, 5.74) is 1.79. The number of likely N-dealkylation sites (tertiary alicyclic amines) is 1. The molecule has 7 heteroatoms. The molecule has 2 N–H and O–H groups in total. The second kappa shape index (κ2) is 10.0. The molecule has 0 unspecified atom stereocenters. The van der Waals surface area contributed by atoms with Crippen LogP contribution in [0.5, 0.6) is 0 Å². The zero-order valence-corrected chi connectivity index (χ0v) is 17.6. The van der Waals surface area contributed by atoms with Crippen molar-refractivity contribution in [3.63, 3.8) is 0 Å². The molecule has 0 aliphatic carbocycles. The van der Waals surface area contributed by atoms with Crippen LogP contribution in [-0.2, 0) is 16.4 Å². The Kier molecular flexibility index (Phi) is 7.41. The average Bonchev–Trinajstić information content (AvgIpc) is 2.77. The molecule has 0 bridgehead atoms. The van der Waals surface area contributed by atoms with Gasteiger partial charge in [0, 0.05) is 25.7 Å². The van der Waals surface area contributed by atoms with Crippen molar-refractivity contribution in [1.82, 2.24) is 14.9 Å². The molecule has 29 heavy (non-hydrogen) atoms. The maximum atomic E-state index is 12.5. The third-order valence-electron chi connectivity index (χ3n) is 5.48. The fraction of sp³-hybridized carbons (Fsp3) is 0.409. The molecule has 0 radical (unpaired) electrons. The maximum absolute atomic E-state index is 12.5. The highest BCUT2D eigenvalue weighted by molar-refractivity contribution is 7.89. The van der Waals surface area contributed by atoms with Crippen LogP contribution < -0.4 is 10.0 Å². The summed E-state index contributed by atoms with van der Waals surface area (Å²) in [6.07, 6.45) is 3.03. The van der Waals surface area contributed by atoms with E-state index >= 15 is 0 Å². The first kappa shape index (κ1) is 21.5. The number of piperidine rings is 1. The van der Waals surface area contributed by atoms with Crippen LogP contribution in [0.4, 0.5) is 0 Å². The second-order valence-corrected chi connectivity index (χ2v) is 9.24. The Hall–Kier alpha value is -2.22. The third-order valence-corrected chi connectivity index (χ3v) is 6.92. The molecule has 2 aromatic carbocycles. The Morgan fingerprint density at radius 3 is 2.31 bits per heavy atom. The summed E-state index contributed by atoms with van der Waals surface area (Å²) >= 11 is 0. The molecule has 156 valence electrons. The van der Waals surface area contributed by atoms with Crippen LogP contribution >= 0.6 is 0 Å². The minimum absolute atomic E-state index is 0.186. The summed E-state index contributed by atoms with van der Waals surface area (Å²) in [6, 6.07) is 16.5. The van der Waals surface area contributed by atoms with Gasteiger partial charge < -0.3 is 10.2 Å². The van der Waals surface area contributed by atoms with Gasteiger partial charge in [0.15, 0.2) is 0 Å². The van der Waals surface area contributed by atoms with Crippen LogP contribution in [0.2, 0.25) is 0 Å². The summed E-state index contributed by atoms with van der Waals surface area (Å²) in [4.78, 5) is 14.2. The third kappa shape index (κ3) is 6.13. The number of nitrogens with zero attached hydrogens (tertiary/aromatic N) is 1. The number of carbonyl (C=O) groups excluding carboxylic acids is 1. The van der Waals surface area contributed by atoms with E-state index in [1.165, 1.54) is 29.8 Å². The van der Waals surface area contributed by atoms with Crippen LogP contribution in [0.1, 0.15) is 28.8 Å². The highest BCUT2D eigenvalue weighted by Crippen LogP contribution is 2.18. The van der Waals surface area contributed by atoms with Gasteiger partial charge in [-0.2, -0.15) is 0 Å². The summed E-state index contributed by atoms with van der Waals surface area (Å²) in [5.74, 6) is 0.115. The van der Waals surface area contributed by atoms with E-state index in [1.54, 1.807) is 7.05 Å². The first-order chi connectivity index (χ1) is 14.0. The number of carbonyl (C=O) groups is 1. The van der Waals surface area contributed by atoms with E-state index in [-0.39, 0.29) is 10.8 Å². The Labute approximate surface area is 173 Å². The molecule has 1 heterocycles. The van der Waals surface area contributed by atoms with E-state index in [1.807, 2.05) is 6.07 Å². The molecule has 1 fully saturated rings. The van der Waals surface area contributed by atoms with Gasteiger partial charge in [0.2, 0.25) is 10.0 Å². The molecule has 1 amide bonds. The average molecular weight is 416 g/mol. The van der Waals surface area contributed by atoms with Gasteiger partial charge in [-0.05, 0) is 68.1 Å². The lowest BCUT2D eigenvalue weighted by molar-refractivity contribution is 0.0963. The Morgan fingerprint density at radius 2 is 1.69 bits per heavy atom. The van der Waals surface area contributed by atoms with Crippen molar-refractivity contribution in [3.8, 4) is 0 Å². The van der Waals surface area contributed by atoms with Crippen molar-refractivity contribution in [2.24, 2.45) is 5.92 Å². The van der Waals surface area contributed by atoms with Crippen LogP contribution in [0.3, 0.4) is 0 Å². The highest BCUT2D eigenvalue weighted by atomic mass is 32.2. The SMILES string of the molecule is CNC(=O)c1ccc(S(=O)(=O)NCC2CCN(CCc3ccccc3)CC2)cc1. The monoisotopic (exact) mass is 415 g/mol. The summed E-state index contributed by atoms with van der Waals surface area (Å²) in [5, 5.41) is 2.52. The van der Waals surface area contributed by atoms with E-state index < -0.39 is 10.0 Å². The van der Waals surface area contributed by atoms with E-state index in [2.05, 4.69) is 39.2 Å². The number of amides is 1. The standard InChI is InChI=1S/C22H29N3O3S/c1-23-22(26)20-7-9-21(10-8-20)29(27,28)24-17-19-12-15-25(16-13-19)14-11-18-5-3-2-4-6-18/h2-10,19,24H,11-17H2,1H3,(H,23,26). The molecule has 6 nitrogen and oxygen atoms in total. The summed E-state index contributed by atoms with van der Waals surface area (Å²) in [6.45, 7) is 3.49. The van der Waals surface area contributed by atoms with Gasteiger partial charge in [-0.1, -0.05) is 30.3 Å². The van der Waals surface area contributed by atoms with Crippen LogP contribution in [0.15, 0.2) is 59.5 Å². The predicted octanol–water partition coefficient (Wildman–Crippen LogP) is 2.28. The van der Waals surface area contributed by atoms with Crippen molar-refractivity contribution in [1.29, 1.82) is 0 Å². The van der Waals surface area contributed by atoms with Gasteiger partial charge in [0.05, 0.1) is 4.90 Å². The van der Waals surface area contributed by atoms with Gasteiger partial charge in [-0.15, -0.1) is 0 Å². The number of rotatable bonds is 8. The first-order valence-corrected chi connectivity index (χ1v) is 11.5. The van der Waals surface area contributed by atoms with Gasteiger partial charge in [-0.25, -0.2) is 13.1 Å². The number of hydrogen-bond acceptors (Lipinski definition) is 4. The van der Waals surface area contributed by atoms with Gasteiger partial charge in [0.25, 0.3) is 5.91 Å². The van der Waals surface area contributed by atoms with Gasteiger partial charge in [0.1, 0.15) is 0 Å². The lowest BCUT2D eigenvalue weighted by atomic mass is 9.97. The maximum Gasteiger partial charge on any atom is 0.251 e. The quantitative estimate of drug-likeness (QED) is 0.693. The lowest BCUT2D eigenvalue weighted by Gasteiger charge is -2.32. The molecule has 1 aliphatic heterocycles. The molecule has 1 aliphatic rings. The number of sulfonamides is 1. The van der Waals surface area contributed by atoms with Crippen LogP contribution in [0, 0.1) is 5.92 Å². The highest BCUT2D eigenvalue weighted by Gasteiger charge is 2.22. The molecule has 0 atom stereocenters. The van der Waals surface area contributed by atoms with E-state index in [0.717, 1.165) is 38.9 Å². The molecular weight excluding hydrogens is 386 g/mol. The molecular formula is C22H29N3O3S. The smallest absolute Gasteiger partial charge is 0.251 e. The fourth-order valence-electron chi connectivity index (χ4n) is 3.59. The topological polar surface area (TPSA) is 78.5 Å². The van der Waals surface area contributed by atoms with Crippen molar-refractivity contribution in [3.05, 3.63) is 65.7 Å². The van der Waals surface area contributed by atoms with E-state index in [4.69, 9.17) is 0 Å². The molecule has 0 spiro atoms. The van der Waals surface area contributed by atoms with E-state index in [0.29, 0.717) is 18.0 Å². The van der Waals surface area contributed by atoms with Crippen molar-refractivity contribution in [2.75, 3.05) is 33.2 Å². The second-order valence-electron chi connectivity index (χ2n) is 7.48. The molecule has 3 rings (SSSR count). The minimum Gasteiger partial charge on any atom is -0.355 e. The molecule has 0 saturated carbocycles. The number of benzene rings is 2. The fourth-order valence-corrected chi connectivity index (χ4v) is 4.70. The molecule has 1 saturated heterocycles. The van der Waals surface area contributed by atoms with Gasteiger partial charge >= 0.3 is 0 Å². The van der Waals surface area contributed by atoms with Gasteiger partial charge in [-0.3, -0.25) is 4.79 Å². The lowest BCUT2D eigenvalue weighted by Crippen LogP contribution is -2.39. The van der Waals surface area contributed by atoms with E-state index in [9.17, 15) is 13.2 Å². The van der Waals surface area contributed by atoms with Crippen molar-refractivity contribution in [2.45, 2.75) is 24.2 Å². The molecule has 0 aromatic heterocycles. The van der Waals surface area contributed by atoms with Crippen LogP contribution in [-0.4, -0.2) is 52.5 Å². The number of hydrogen-bond donors (Lipinski definition) is 2. The zero-order valence-electron chi connectivity index (χ0n) is 16.8. The van der Waals surface area contributed by atoms with Crippen LogP contribution in [0.25, 0.3) is 0 Å². The predicted molar refractivity (Wildman–Crippen MR) is 114 cm³/mol. The van der Waals surface area contributed by atoms with Crippen molar-refractivity contribution < 1.29 is 13.2 Å². The Morgan fingerprint density at radius 1 is 1.03 bits per heavy atom.